The molecule has 0 aliphatic heterocycles. The zero-order valence-electron chi connectivity index (χ0n) is 19.0. The molecule has 0 radical (unpaired) electrons. The van der Waals surface area contributed by atoms with Crippen molar-refractivity contribution < 1.29 is 14.0 Å². The summed E-state index contributed by atoms with van der Waals surface area (Å²) in [7, 11) is 0. The first-order valence-electron chi connectivity index (χ1n) is 11.1. The number of urea groups is 1. The number of amides is 3. The molecule has 7 heteroatoms. The van der Waals surface area contributed by atoms with Crippen molar-refractivity contribution in [2.45, 2.75) is 26.8 Å². The normalized spacial score (nSPS) is 10.8. The van der Waals surface area contributed by atoms with Crippen molar-refractivity contribution in [1.82, 2.24) is 9.80 Å². The molecule has 0 unspecified atom stereocenters. The van der Waals surface area contributed by atoms with Gasteiger partial charge in [0.2, 0.25) is 5.91 Å². The Balaban J connectivity index is 1.71. The highest BCUT2D eigenvalue weighted by Crippen LogP contribution is 2.16. The SMILES string of the molecule is CC(C)CN(CC(=O)N(CCc1ccccc1)Cc1ccco1)C(=O)Nc1cccc(Cl)c1. The van der Waals surface area contributed by atoms with E-state index in [2.05, 4.69) is 5.32 Å². The Morgan fingerprint density at radius 2 is 1.79 bits per heavy atom. The van der Waals surface area contributed by atoms with E-state index in [1.54, 1.807) is 46.4 Å². The van der Waals surface area contributed by atoms with Crippen LogP contribution in [0.5, 0.6) is 0 Å². The molecule has 174 valence electrons. The van der Waals surface area contributed by atoms with Crippen LogP contribution in [-0.4, -0.2) is 41.4 Å². The number of carbonyl (C=O) groups excluding carboxylic acids is 2. The molecule has 3 rings (SSSR count). The summed E-state index contributed by atoms with van der Waals surface area (Å²) in [6.45, 7) is 5.32. The summed E-state index contributed by atoms with van der Waals surface area (Å²) in [6.07, 6.45) is 2.31. The van der Waals surface area contributed by atoms with Crippen LogP contribution in [0.25, 0.3) is 0 Å². The van der Waals surface area contributed by atoms with E-state index in [1.165, 1.54) is 0 Å². The maximum absolute atomic E-state index is 13.3. The molecule has 0 atom stereocenters. The van der Waals surface area contributed by atoms with Crippen LogP contribution in [0, 0.1) is 5.92 Å². The topological polar surface area (TPSA) is 65.8 Å². The molecule has 1 N–H and O–H groups in total. The molecule has 3 amide bonds. The highest BCUT2D eigenvalue weighted by Gasteiger charge is 2.23. The Hall–Kier alpha value is -3.25. The molecule has 2 aromatic carbocycles. The molecule has 0 saturated carbocycles. The maximum Gasteiger partial charge on any atom is 0.322 e. The van der Waals surface area contributed by atoms with Crippen LogP contribution in [0.15, 0.2) is 77.4 Å². The van der Waals surface area contributed by atoms with Crippen LogP contribution in [-0.2, 0) is 17.8 Å². The highest BCUT2D eigenvalue weighted by atomic mass is 35.5. The molecule has 0 spiro atoms. The van der Waals surface area contributed by atoms with Crippen LogP contribution in [0.2, 0.25) is 5.02 Å². The minimum atomic E-state index is -0.333. The average Bonchev–Trinajstić information content (AvgIpc) is 3.29. The van der Waals surface area contributed by atoms with E-state index in [0.717, 1.165) is 5.56 Å². The fourth-order valence-electron chi connectivity index (χ4n) is 3.48. The van der Waals surface area contributed by atoms with Gasteiger partial charge in [-0.1, -0.05) is 61.8 Å². The molecule has 0 bridgehead atoms. The van der Waals surface area contributed by atoms with E-state index >= 15 is 0 Å². The van der Waals surface area contributed by atoms with E-state index in [4.69, 9.17) is 16.0 Å². The lowest BCUT2D eigenvalue weighted by atomic mass is 10.1. The van der Waals surface area contributed by atoms with Gasteiger partial charge in [0.15, 0.2) is 0 Å². The van der Waals surface area contributed by atoms with E-state index < -0.39 is 0 Å². The molecule has 0 aliphatic carbocycles. The van der Waals surface area contributed by atoms with Crippen molar-refractivity contribution in [3.63, 3.8) is 0 Å². The van der Waals surface area contributed by atoms with Crippen LogP contribution >= 0.6 is 11.6 Å². The van der Waals surface area contributed by atoms with Crippen LogP contribution in [0.1, 0.15) is 25.2 Å². The van der Waals surface area contributed by atoms with E-state index in [1.807, 2.05) is 50.2 Å². The van der Waals surface area contributed by atoms with Crippen molar-refractivity contribution in [3.05, 3.63) is 89.3 Å². The third-order valence-electron chi connectivity index (χ3n) is 5.07. The second-order valence-corrected chi connectivity index (χ2v) is 8.78. The minimum Gasteiger partial charge on any atom is -0.467 e. The van der Waals surface area contributed by atoms with Gasteiger partial charge in [0, 0.05) is 23.8 Å². The molecule has 0 saturated heterocycles. The lowest BCUT2D eigenvalue weighted by Crippen LogP contribution is -2.46. The van der Waals surface area contributed by atoms with Crippen molar-refractivity contribution >= 4 is 29.2 Å². The molecule has 6 nitrogen and oxygen atoms in total. The Bertz CT molecular complexity index is 1020. The summed E-state index contributed by atoms with van der Waals surface area (Å²) in [6, 6.07) is 20.3. The summed E-state index contributed by atoms with van der Waals surface area (Å²) in [4.78, 5) is 29.6. The number of benzene rings is 2. The zero-order valence-corrected chi connectivity index (χ0v) is 19.8. The van der Waals surface area contributed by atoms with Crippen molar-refractivity contribution in [3.8, 4) is 0 Å². The fraction of sp³-hybridized carbons (Fsp3) is 0.308. The van der Waals surface area contributed by atoms with Crippen LogP contribution < -0.4 is 5.32 Å². The Labute approximate surface area is 200 Å². The number of furan rings is 1. The third kappa shape index (κ3) is 7.99. The lowest BCUT2D eigenvalue weighted by molar-refractivity contribution is -0.132. The predicted octanol–water partition coefficient (Wildman–Crippen LogP) is 5.69. The molecular weight excluding hydrogens is 438 g/mol. The highest BCUT2D eigenvalue weighted by molar-refractivity contribution is 6.30. The van der Waals surface area contributed by atoms with Crippen molar-refractivity contribution in [2.75, 3.05) is 25.0 Å². The number of anilines is 1. The Morgan fingerprint density at radius 1 is 1.00 bits per heavy atom. The van der Waals surface area contributed by atoms with Gasteiger partial charge in [-0.3, -0.25) is 4.79 Å². The maximum atomic E-state index is 13.3. The molecule has 1 aromatic heterocycles. The molecule has 0 fully saturated rings. The van der Waals surface area contributed by atoms with Gasteiger partial charge >= 0.3 is 6.03 Å². The quantitative estimate of drug-likeness (QED) is 0.416. The molecule has 3 aromatic rings. The van der Waals surface area contributed by atoms with Gasteiger partial charge in [0.1, 0.15) is 12.3 Å². The van der Waals surface area contributed by atoms with E-state index in [-0.39, 0.29) is 24.4 Å². The second-order valence-electron chi connectivity index (χ2n) is 8.35. The van der Waals surface area contributed by atoms with Gasteiger partial charge in [0.25, 0.3) is 0 Å². The summed E-state index contributed by atoms with van der Waals surface area (Å²) in [5, 5.41) is 3.38. The monoisotopic (exact) mass is 467 g/mol. The summed E-state index contributed by atoms with van der Waals surface area (Å²) >= 11 is 6.04. The van der Waals surface area contributed by atoms with Gasteiger partial charge < -0.3 is 19.5 Å². The number of nitrogens with one attached hydrogen (secondary N) is 1. The third-order valence-corrected chi connectivity index (χ3v) is 5.30. The minimum absolute atomic E-state index is 0.0277. The first-order chi connectivity index (χ1) is 15.9. The number of rotatable bonds is 10. The van der Waals surface area contributed by atoms with Crippen LogP contribution in [0.3, 0.4) is 0 Å². The summed E-state index contributed by atoms with van der Waals surface area (Å²) in [5.74, 6) is 0.769. The van der Waals surface area contributed by atoms with Gasteiger partial charge in [-0.15, -0.1) is 0 Å². The average molecular weight is 468 g/mol. The van der Waals surface area contributed by atoms with Crippen molar-refractivity contribution in [2.24, 2.45) is 5.92 Å². The van der Waals surface area contributed by atoms with Gasteiger partial charge in [-0.2, -0.15) is 0 Å². The summed E-state index contributed by atoms with van der Waals surface area (Å²) < 4.78 is 5.47. The Kier molecular flexibility index (Phi) is 8.95. The largest absolute Gasteiger partial charge is 0.467 e. The van der Waals surface area contributed by atoms with E-state index in [0.29, 0.717) is 42.5 Å². The molecule has 0 aliphatic rings. The van der Waals surface area contributed by atoms with Gasteiger partial charge in [-0.05, 0) is 48.2 Å². The number of hydrogen-bond acceptors (Lipinski definition) is 3. The van der Waals surface area contributed by atoms with Crippen molar-refractivity contribution in [1.29, 1.82) is 0 Å². The fourth-order valence-corrected chi connectivity index (χ4v) is 3.67. The first kappa shape index (κ1) is 24.4. The Morgan fingerprint density at radius 3 is 2.45 bits per heavy atom. The zero-order chi connectivity index (χ0) is 23.6. The predicted molar refractivity (Wildman–Crippen MR) is 131 cm³/mol. The van der Waals surface area contributed by atoms with Gasteiger partial charge in [0.05, 0.1) is 12.8 Å². The first-order valence-corrected chi connectivity index (χ1v) is 11.4. The molecular formula is C26H30ClN3O3. The smallest absolute Gasteiger partial charge is 0.322 e. The van der Waals surface area contributed by atoms with Crippen LogP contribution in [0.4, 0.5) is 10.5 Å². The molecule has 1 heterocycles. The molecule has 33 heavy (non-hydrogen) atoms. The number of nitrogens with zero attached hydrogens (tertiary/aromatic N) is 2. The second kappa shape index (κ2) is 12.1. The number of carbonyl (C=O) groups is 2. The van der Waals surface area contributed by atoms with E-state index in [9.17, 15) is 9.59 Å². The lowest BCUT2D eigenvalue weighted by Gasteiger charge is -2.28. The number of halogens is 1. The van der Waals surface area contributed by atoms with Gasteiger partial charge in [-0.25, -0.2) is 4.79 Å². The number of hydrogen-bond donors (Lipinski definition) is 1. The summed E-state index contributed by atoms with van der Waals surface area (Å²) in [5.41, 5.74) is 1.73. The standard InChI is InChI=1S/C26H30ClN3O3/c1-20(2)17-30(26(32)28-23-11-6-10-22(27)16-23)19-25(31)29(18-24-12-7-15-33-24)14-13-21-8-4-3-5-9-21/h3-12,15-16,20H,13-14,17-19H2,1-2H3,(H,28,32).